The van der Waals surface area contributed by atoms with Crippen LogP contribution in [0.2, 0.25) is 0 Å². The van der Waals surface area contributed by atoms with Crippen LogP contribution in [0.5, 0.6) is 5.75 Å². The van der Waals surface area contributed by atoms with Gasteiger partial charge in [0.15, 0.2) is 5.13 Å². The zero-order valence-corrected chi connectivity index (χ0v) is 13.7. The summed E-state index contributed by atoms with van der Waals surface area (Å²) >= 11 is 1.65. The van der Waals surface area contributed by atoms with E-state index in [4.69, 9.17) is 14.5 Å². The van der Waals surface area contributed by atoms with E-state index in [-0.39, 0.29) is 0 Å². The number of rotatable bonds is 7. The average Bonchev–Trinajstić information content (AvgIpc) is 2.96. The fourth-order valence-electron chi connectivity index (χ4n) is 2.39. The Hall–Kier alpha value is -1.85. The van der Waals surface area contributed by atoms with Crippen LogP contribution in [0.4, 0.5) is 5.13 Å². The molecule has 3 aromatic rings. The van der Waals surface area contributed by atoms with Crippen molar-refractivity contribution >= 4 is 37.5 Å². The molecule has 22 heavy (non-hydrogen) atoms. The van der Waals surface area contributed by atoms with Gasteiger partial charge in [0, 0.05) is 30.5 Å². The van der Waals surface area contributed by atoms with Crippen molar-refractivity contribution in [1.29, 1.82) is 0 Å². The number of hydrogen-bond acceptors (Lipinski definition) is 5. The Balaban J connectivity index is 2.04. The van der Waals surface area contributed by atoms with E-state index < -0.39 is 0 Å². The first-order chi connectivity index (χ1) is 10.8. The van der Waals surface area contributed by atoms with Gasteiger partial charge < -0.3 is 14.8 Å². The van der Waals surface area contributed by atoms with Crippen LogP contribution in [0.3, 0.4) is 0 Å². The molecule has 0 radical (unpaired) electrons. The summed E-state index contributed by atoms with van der Waals surface area (Å²) in [4.78, 5) is 4.73. The molecule has 1 heterocycles. The number of anilines is 1. The van der Waals surface area contributed by atoms with Crippen molar-refractivity contribution in [3.8, 4) is 5.75 Å². The number of nitrogens with zero attached hydrogens (tertiary/aromatic N) is 1. The van der Waals surface area contributed by atoms with Crippen molar-refractivity contribution in [3.63, 3.8) is 0 Å². The predicted octanol–water partition coefficient (Wildman–Crippen LogP) is 4.30. The van der Waals surface area contributed by atoms with Gasteiger partial charge in [-0.05, 0) is 6.42 Å². The van der Waals surface area contributed by atoms with Crippen LogP contribution in [0.1, 0.15) is 13.3 Å². The quantitative estimate of drug-likeness (QED) is 0.660. The highest BCUT2D eigenvalue weighted by Gasteiger charge is 2.12. The SMILES string of the molecule is CCCOc1cc2sc(NCCOC)nc2c2ccccc12. The standard InChI is InChI=1S/C17H20N2O2S/c1-3-9-21-14-11-15-16(13-7-5-4-6-12(13)14)19-17(22-15)18-8-10-20-2/h4-7,11H,3,8-10H2,1-2H3,(H,18,19). The Labute approximate surface area is 134 Å². The summed E-state index contributed by atoms with van der Waals surface area (Å²) in [6, 6.07) is 10.4. The van der Waals surface area contributed by atoms with E-state index in [9.17, 15) is 0 Å². The summed E-state index contributed by atoms with van der Waals surface area (Å²) in [6.07, 6.45) is 0.999. The molecular weight excluding hydrogens is 296 g/mol. The van der Waals surface area contributed by atoms with Crippen molar-refractivity contribution in [2.24, 2.45) is 0 Å². The fraction of sp³-hybridized carbons (Fsp3) is 0.353. The van der Waals surface area contributed by atoms with E-state index >= 15 is 0 Å². The lowest BCUT2D eigenvalue weighted by molar-refractivity contribution is 0.211. The maximum absolute atomic E-state index is 5.92. The number of nitrogens with one attached hydrogen (secondary N) is 1. The molecule has 0 aliphatic carbocycles. The van der Waals surface area contributed by atoms with Crippen molar-refractivity contribution in [3.05, 3.63) is 30.3 Å². The minimum Gasteiger partial charge on any atom is -0.493 e. The summed E-state index contributed by atoms with van der Waals surface area (Å²) in [5.74, 6) is 0.942. The molecule has 0 aliphatic heterocycles. The van der Waals surface area contributed by atoms with E-state index in [1.165, 1.54) is 0 Å². The number of benzene rings is 2. The van der Waals surface area contributed by atoms with Crippen molar-refractivity contribution in [1.82, 2.24) is 4.98 Å². The summed E-state index contributed by atoms with van der Waals surface area (Å²) in [6.45, 7) is 4.27. The average molecular weight is 316 g/mol. The number of methoxy groups -OCH3 is 1. The van der Waals surface area contributed by atoms with Gasteiger partial charge in [0.05, 0.1) is 23.4 Å². The van der Waals surface area contributed by atoms with Gasteiger partial charge in [0.2, 0.25) is 0 Å². The molecule has 0 amide bonds. The number of ether oxygens (including phenoxy) is 2. The van der Waals surface area contributed by atoms with Crippen LogP contribution in [-0.4, -0.2) is 31.9 Å². The number of fused-ring (bicyclic) bond motifs is 3. The van der Waals surface area contributed by atoms with Crippen LogP contribution in [0, 0.1) is 0 Å². The lowest BCUT2D eigenvalue weighted by Crippen LogP contribution is -2.06. The fourth-order valence-corrected chi connectivity index (χ4v) is 3.33. The van der Waals surface area contributed by atoms with Gasteiger partial charge in [-0.2, -0.15) is 0 Å². The second kappa shape index (κ2) is 6.94. The van der Waals surface area contributed by atoms with E-state index in [1.807, 2.05) is 12.1 Å². The van der Waals surface area contributed by atoms with Crippen molar-refractivity contribution < 1.29 is 9.47 Å². The minimum absolute atomic E-state index is 0.668. The molecule has 5 heteroatoms. The summed E-state index contributed by atoms with van der Waals surface area (Å²) in [7, 11) is 1.70. The topological polar surface area (TPSA) is 43.4 Å². The first-order valence-electron chi connectivity index (χ1n) is 7.51. The largest absolute Gasteiger partial charge is 0.493 e. The van der Waals surface area contributed by atoms with Gasteiger partial charge in [0.25, 0.3) is 0 Å². The van der Waals surface area contributed by atoms with Gasteiger partial charge in [-0.3, -0.25) is 0 Å². The lowest BCUT2D eigenvalue weighted by Gasteiger charge is -2.08. The first kappa shape index (κ1) is 15.1. The molecule has 0 saturated carbocycles. The van der Waals surface area contributed by atoms with Gasteiger partial charge in [-0.15, -0.1) is 0 Å². The Morgan fingerprint density at radius 1 is 1.18 bits per heavy atom. The highest BCUT2D eigenvalue weighted by molar-refractivity contribution is 7.22. The Morgan fingerprint density at radius 3 is 2.77 bits per heavy atom. The zero-order valence-electron chi connectivity index (χ0n) is 12.9. The molecular formula is C17H20N2O2S. The van der Waals surface area contributed by atoms with E-state index in [2.05, 4.69) is 30.4 Å². The smallest absolute Gasteiger partial charge is 0.183 e. The molecule has 1 N–H and O–H groups in total. The Bertz CT molecular complexity index is 770. The van der Waals surface area contributed by atoms with Crippen LogP contribution >= 0.6 is 11.3 Å². The highest BCUT2D eigenvalue weighted by Crippen LogP contribution is 2.37. The number of hydrogen-bond donors (Lipinski definition) is 1. The number of thiazole rings is 1. The minimum atomic E-state index is 0.668. The lowest BCUT2D eigenvalue weighted by atomic mass is 10.1. The van der Waals surface area contributed by atoms with Crippen LogP contribution < -0.4 is 10.1 Å². The van der Waals surface area contributed by atoms with Crippen LogP contribution in [-0.2, 0) is 4.74 Å². The summed E-state index contributed by atoms with van der Waals surface area (Å²) in [5.41, 5.74) is 1.03. The molecule has 0 aliphatic rings. The molecule has 3 rings (SSSR count). The third kappa shape index (κ3) is 3.00. The molecule has 0 saturated heterocycles. The zero-order chi connectivity index (χ0) is 15.4. The normalized spacial score (nSPS) is 11.2. The molecule has 0 spiro atoms. The van der Waals surface area contributed by atoms with Gasteiger partial charge in [-0.1, -0.05) is 42.5 Å². The molecule has 0 atom stereocenters. The maximum Gasteiger partial charge on any atom is 0.183 e. The molecule has 116 valence electrons. The Kier molecular flexibility index (Phi) is 4.75. The Morgan fingerprint density at radius 2 is 2.00 bits per heavy atom. The molecule has 2 aromatic carbocycles. The van der Waals surface area contributed by atoms with Gasteiger partial charge in [0.1, 0.15) is 5.75 Å². The first-order valence-corrected chi connectivity index (χ1v) is 8.33. The second-order valence-electron chi connectivity index (χ2n) is 5.05. The molecule has 1 aromatic heterocycles. The van der Waals surface area contributed by atoms with E-state index in [1.54, 1.807) is 18.4 Å². The maximum atomic E-state index is 5.92. The van der Waals surface area contributed by atoms with Gasteiger partial charge in [-0.25, -0.2) is 4.98 Å². The van der Waals surface area contributed by atoms with Crippen LogP contribution in [0.25, 0.3) is 21.0 Å². The number of aromatic nitrogens is 1. The van der Waals surface area contributed by atoms with Crippen molar-refractivity contribution in [2.75, 3.05) is 32.2 Å². The second-order valence-corrected chi connectivity index (χ2v) is 6.08. The molecule has 0 unspecified atom stereocenters. The monoisotopic (exact) mass is 316 g/mol. The van der Waals surface area contributed by atoms with Gasteiger partial charge >= 0.3 is 0 Å². The predicted molar refractivity (Wildman–Crippen MR) is 93.3 cm³/mol. The summed E-state index contributed by atoms with van der Waals surface area (Å²) < 4.78 is 12.1. The summed E-state index contributed by atoms with van der Waals surface area (Å²) in [5, 5.41) is 6.49. The van der Waals surface area contributed by atoms with Crippen LogP contribution in [0.15, 0.2) is 30.3 Å². The molecule has 4 nitrogen and oxygen atoms in total. The third-order valence-electron chi connectivity index (χ3n) is 3.41. The molecule has 0 bridgehead atoms. The third-order valence-corrected chi connectivity index (χ3v) is 4.37. The van der Waals surface area contributed by atoms with Crippen molar-refractivity contribution in [2.45, 2.75) is 13.3 Å². The molecule has 0 fully saturated rings. The van der Waals surface area contributed by atoms with E-state index in [0.29, 0.717) is 6.61 Å². The van der Waals surface area contributed by atoms with E-state index in [0.717, 1.165) is 51.4 Å². The highest BCUT2D eigenvalue weighted by atomic mass is 32.1.